The van der Waals surface area contributed by atoms with Crippen LogP contribution in [0.5, 0.6) is 5.75 Å². The number of esters is 1. The van der Waals surface area contributed by atoms with E-state index in [0.717, 1.165) is 16.7 Å². The van der Waals surface area contributed by atoms with E-state index in [0.29, 0.717) is 6.54 Å². The van der Waals surface area contributed by atoms with Crippen LogP contribution >= 0.6 is 11.3 Å². The minimum Gasteiger partial charge on any atom is -0.506 e. The summed E-state index contributed by atoms with van der Waals surface area (Å²) in [7, 11) is 0. The van der Waals surface area contributed by atoms with Gasteiger partial charge in [-0.05, 0) is 32.9 Å². The zero-order valence-electron chi connectivity index (χ0n) is 21.4. The molecule has 0 aliphatic heterocycles. The first-order chi connectivity index (χ1) is 19.0. The first-order valence-corrected chi connectivity index (χ1v) is 12.9. The van der Waals surface area contributed by atoms with E-state index in [2.05, 4.69) is 25.6 Å². The highest BCUT2D eigenvalue weighted by Crippen LogP contribution is 2.39. The van der Waals surface area contributed by atoms with Crippen LogP contribution in [0.1, 0.15) is 36.8 Å². The Morgan fingerprint density at radius 2 is 1.88 bits per heavy atom. The van der Waals surface area contributed by atoms with Gasteiger partial charge in [-0.2, -0.15) is 13.2 Å². The molecule has 0 aliphatic carbocycles. The second-order valence-electron chi connectivity index (χ2n) is 8.22. The number of nitrogens with zero attached hydrogens (tertiary/aromatic N) is 4. The molecule has 0 bridgehead atoms. The maximum Gasteiger partial charge on any atom is 0.434 e. The number of thiazole rings is 1. The Hall–Kier alpha value is -4.53. The number of ether oxygens (including phenoxy) is 1. The van der Waals surface area contributed by atoms with Crippen LogP contribution in [0.25, 0.3) is 32.7 Å². The molecule has 0 atom stereocenters. The number of hydrogen-bond acceptors (Lipinski definition) is 9. The first kappa shape index (κ1) is 28.5. The van der Waals surface area contributed by atoms with E-state index in [1.54, 1.807) is 20.8 Å². The zero-order chi connectivity index (χ0) is 29.2. The van der Waals surface area contributed by atoms with Gasteiger partial charge in [-0.3, -0.25) is 14.7 Å². The molecular formula is C25H23F3N6O5S. The summed E-state index contributed by atoms with van der Waals surface area (Å²) < 4.78 is 46.1. The monoisotopic (exact) mass is 576 g/mol. The number of alkyl halides is 3. The van der Waals surface area contributed by atoms with E-state index >= 15 is 0 Å². The number of pyridine rings is 3. The molecule has 4 heterocycles. The second kappa shape index (κ2) is 11.3. The summed E-state index contributed by atoms with van der Waals surface area (Å²) in [6.45, 7) is 5.35. The molecule has 3 N–H and O–H groups in total. The molecule has 40 heavy (non-hydrogen) atoms. The van der Waals surface area contributed by atoms with Crippen LogP contribution in [-0.2, 0) is 17.5 Å². The third-order valence-electron chi connectivity index (χ3n) is 5.69. The number of amides is 2. The molecule has 4 aromatic heterocycles. The highest BCUT2D eigenvalue weighted by atomic mass is 32.1. The minimum absolute atomic E-state index is 0.0151. The average Bonchev–Trinajstić information content (AvgIpc) is 3.40. The summed E-state index contributed by atoms with van der Waals surface area (Å²) in [5.41, 5.74) is -1.60. The molecule has 0 saturated heterocycles. The fourth-order valence-electron chi connectivity index (χ4n) is 3.92. The quantitative estimate of drug-likeness (QED) is 0.270. The normalized spacial score (nSPS) is 11.4. The summed E-state index contributed by atoms with van der Waals surface area (Å²) in [6.07, 6.45) is -2.01. The number of aryl methyl sites for hydroxylation is 1. The number of anilines is 1. The van der Waals surface area contributed by atoms with Crippen molar-refractivity contribution in [3.05, 3.63) is 51.5 Å². The van der Waals surface area contributed by atoms with Crippen LogP contribution in [0.2, 0.25) is 0 Å². The number of halogens is 3. The van der Waals surface area contributed by atoms with Gasteiger partial charge in [-0.25, -0.2) is 24.5 Å². The third kappa shape index (κ3) is 5.45. The van der Waals surface area contributed by atoms with Crippen molar-refractivity contribution in [1.82, 2.24) is 24.8 Å². The van der Waals surface area contributed by atoms with Crippen molar-refractivity contribution in [2.75, 3.05) is 18.5 Å². The predicted octanol–water partition coefficient (Wildman–Crippen LogP) is 4.64. The number of fused-ring (bicyclic) bond motifs is 1. The molecule has 0 unspecified atom stereocenters. The molecule has 0 spiro atoms. The lowest BCUT2D eigenvalue weighted by molar-refractivity contribution is -0.140. The van der Waals surface area contributed by atoms with Crippen LogP contribution in [-0.4, -0.2) is 49.8 Å². The Morgan fingerprint density at radius 3 is 2.50 bits per heavy atom. The Morgan fingerprint density at radius 1 is 1.12 bits per heavy atom. The molecule has 0 fully saturated rings. The Kier molecular flexibility index (Phi) is 8.04. The lowest BCUT2D eigenvalue weighted by Gasteiger charge is -2.15. The molecule has 15 heteroatoms. The largest absolute Gasteiger partial charge is 0.506 e. The first-order valence-electron chi connectivity index (χ1n) is 12.0. The molecule has 0 aromatic carbocycles. The van der Waals surface area contributed by atoms with Gasteiger partial charge in [0.15, 0.2) is 11.3 Å². The van der Waals surface area contributed by atoms with Crippen molar-refractivity contribution in [2.24, 2.45) is 0 Å². The number of aromatic hydroxyl groups is 1. The van der Waals surface area contributed by atoms with Gasteiger partial charge in [-0.1, -0.05) is 0 Å². The van der Waals surface area contributed by atoms with Crippen LogP contribution in [0.15, 0.2) is 34.7 Å². The SMILES string of the molecule is CCNC(=O)Nc1cc(-c2nc(C(F)(F)F)cs2)c(-c2cnc3c(c2)c(O)c(C(=O)OCC)c(=O)n3CC)cn1. The summed E-state index contributed by atoms with van der Waals surface area (Å²) in [5, 5.41) is 16.9. The number of aromatic nitrogens is 4. The number of rotatable bonds is 7. The van der Waals surface area contributed by atoms with E-state index in [4.69, 9.17) is 4.74 Å². The summed E-state index contributed by atoms with van der Waals surface area (Å²) in [6, 6.07) is 2.23. The molecule has 210 valence electrons. The van der Waals surface area contributed by atoms with Gasteiger partial charge in [0, 0.05) is 47.6 Å². The molecule has 2 amide bonds. The van der Waals surface area contributed by atoms with Gasteiger partial charge in [0.05, 0.1) is 12.0 Å². The van der Waals surface area contributed by atoms with Gasteiger partial charge < -0.3 is 15.2 Å². The van der Waals surface area contributed by atoms with Gasteiger partial charge in [0.25, 0.3) is 5.56 Å². The summed E-state index contributed by atoms with van der Waals surface area (Å²) in [5.74, 6) is -1.60. The van der Waals surface area contributed by atoms with E-state index in [1.807, 2.05) is 0 Å². The zero-order valence-corrected chi connectivity index (χ0v) is 22.2. The van der Waals surface area contributed by atoms with E-state index in [1.165, 1.54) is 29.1 Å². The highest BCUT2D eigenvalue weighted by molar-refractivity contribution is 7.13. The fraction of sp³-hybridized carbons (Fsp3) is 0.280. The number of carbonyl (C=O) groups excluding carboxylic acids is 2. The van der Waals surface area contributed by atoms with Gasteiger partial charge in [-0.15, -0.1) is 11.3 Å². The number of hydrogen-bond donors (Lipinski definition) is 3. The number of carbonyl (C=O) groups is 2. The van der Waals surface area contributed by atoms with Crippen molar-refractivity contribution in [1.29, 1.82) is 0 Å². The fourth-order valence-corrected chi connectivity index (χ4v) is 4.78. The van der Waals surface area contributed by atoms with Crippen LogP contribution in [0.4, 0.5) is 23.8 Å². The predicted molar refractivity (Wildman–Crippen MR) is 141 cm³/mol. The Balaban J connectivity index is 1.94. The second-order valence-corrected chi connectivity index (χ2v) is 9.08. The van der Waals surface area contributed by atoms with Crippen molar-refractivity contribution < 1.29 is 32.6 Å². The van der Waals surface area contributed by atoms with E-state index < -0.39 is 40.7 Å². The number of urea groups is 1. The Labute approximate surface area is 228 Å². The summed E-state index contributed by atoms with van der Waals surface area (Å²) in [4.78, 5) is 49.7. The average molecular weight is 577 g/mol. The maximum absolute atomic E-state index is 13.3. The van der Waals surface area contributed by atoms with Gasteiger partial charge >= 0.3 is 18.2 Å². The van der Waals surface area contributed by atoms with Crippen molar-refractivity contribution in [3.63, 3.8) is 0 Å². The molecule has 0 radical (unpaired) electrons. The standard InChI is InChI=1S/C25H23F3N6O5S/c1-4-29-24(38)33-17-8-13(21-32-16(11-40-21)25(26,27)28)15(10-30-17)12-7-14-19(35)18(23(37)39-6-3)22(36)34(5-2)20(14)31-9-12/h7-11,35H,4-6H2,1-3H3,(H2,29,30,33,38). The lowest BCUT2D eigenvalue weighted by atomic mass is 10.0. The van der Waals surface area contributed by atoms with Crippen LogP contribution < -0.4 is 16.2 Å². The van der Waals surface area contributed by atoms with Crippen molar-refractivity contribution >= 4 is 40.2 Å². The molecule has 0 saturated carbocycles. The topological polar surface area (TPSA) is 148 Å². The van der Waals surface area contributed by atoms with Gasteiger partial charge in [0.2, 0.25) is 0 Å². The summed E-state index contributed by atoms with van der Waals surface area (Å²) >= 11 is 0.739. The lowest BCUT2D eigenvalue weighted by Crippen LogP contribution is -2.28. The number of nitrogens with one attached hydrogen (secondary N) is 2. The van der Waals surface area contributed by atoms with Crippen LogP contribution in [0.3, 0.4) is 0 Å². The van der Waals surface area contributed by atoms with E-state index in [9.17, 15) is 32.7 Å². The molecule has 0 aliphatic rings. The Bertz CT molecular complexity index is 1670. The van der Waals surface area contributed by atoms with Crippen molar-refractivity contribution in [2.45, 2.75) is 33.5 Å². The van der Waals surface area contributed by atoms with Crippen molar-refractivity contribution in [3.8, 4) is 27.4 Å². The molecule has 11 nitrogen and oxygen atoms in total. The molecule has 4 rings (SSSR count). The molecular weight excluding hydrogens is 553 g/mol. The smallest absolute Gasteiger partial charge is 0.434 e. The molecule has 4 aromatic rings. The maximum atomic E-state index is 13.3. The van der Waals surface area contributed by atoms with Crippen LogP contribution in [0, 0.1) is 0 Å². The van der Waals surface area contributed by atoms with Gasteiger partial charge in [0.1, 0.15) is 22.2 Å². The third-order valence-corrected chi connectivity index (χ3v) is 6.56. The highest BCUT2D eigenvalue weighted by Gasteiger charge is 2.34. The van der Waals surface area contributed by atoms with E-state index in [-0.39, 0.29) is 51.7 Å². The minimum atomic E-state index is -4.67.